The Bertz CT molecular complexity index is 410. The predicted molar refractivity (Wildman–Crippen MR) is 67.6 cm³/mol. The molecule has 94 valence electrons. The second kappa shape index (κ2) is 5.71. The third kappa shape index (κ3) is 3.48. The molecule has 1 aromatic rings. The van der Waals surface area contributed by atoms with Crippen molar-refractivity contribution >= 4 is 5.97 Å². The van der Waals surface area contributed by atoms with Crippen LogP contribution in [0.4, 0.5) is 0 Å². The van der Waals surface area contributed by atoms with Crippen molar-refractivity contribution in [3.05, 3.63) is 28.8 Å². The van der Waals surface area contributed by atoms with E-state index in [1.54, 1.807) is 14.0 Å². The minimum Gasteiger partial charge on any atom is -0.496 e. The van der Waals surface area contributed by atoms with Gasteiger partial charge in [-0.2, -0.15) is 0 Å². The Morgan fingerprint density at radius 3 is 2.59 bits per heavy atom. The molecule has 0 saturated carbocycles. The summed E-state index contributed by atoms with van der Waals surface area (Å²) in [5.41, 5.74) is 3.44. The highest BCUT2D eigenvalue weighted by Crippen LogP contribution is 2.26. The van der Waals surface area contributed by atoms with Crippen molar-refractivity contribution in [1.29, 1.82) is 0 Å². The smallest absolute Gasteiger partial charge is 0.306 e. The number of aliphatic carboxylic acids is 1. The Kier molecular flexibility index (Phi) is 4.55. The molecule has 1 atom stereocenters. The number of methoxy groups -OCH3 is 1. The molecule has 0 bridgehead atoms. The van der Waals surface area contributed by atoms with Gasteiger partial charge in [-0.25, -0.2) is 0 Å². The molecule has 1 rings (SSSR count). The minimum atomic E-state index is -0.742. The van der Waals surface area contributed by atoms with Crippen LogP contribution in [0.25, 0.3) is 0 Å². The summed E-state index contributed by atoms with van der Waals surface area (Å²) in [6.07, 6.45) is 1.37. The zero-order valence-electron chi connectivity index (χ0n) is 10.9. The van der Waals surface area contributed by atoms with Gasteiger partial charge in [0.25, 0.3) is 0 Å². The largest absolute Gasteiger partial charge is 0.496 e. The van der Waals surface area contributed by atoms with Crippen LogP contribution in [0.2, 0.25) is 0 Å². The Morgan fingerprint density at radius 2 is 2.06 bits per heavy atom. The molecule has 0 aliphatic rings. The summed E-state index contributed by atoms with van der Waals surface area (Å²) in [5.74, 6) is -0.200. The van der Waals surface area contributed by atoms with Crippen LogP contribution in [0.1, 0.15) is 30.0 Å². The number of benzene rings is 1. The molecule has 1 aromatic carbocycles. The van der Waals surface area contributed by atoms with Gasteiger partial charge in [0.2, 0.25) is 0 Å². The fourth-order valence-corrected chi connectivity index (χ4v) is 1.95. The fraction of sp³-hybridized carbons (Fsp3) is 0.500. The number of hydrogen-bond donors (Lipinski definition) is 1. The van der Waals surface area contributed by atoms with Gasteiger partial charge in [0, 0.05) is 0 Å². The molecule has 0 saturated heterocycles. The van der Waals surface area contributed by atoms with Crippen molar-refractivity contribution in [2.24, 2.45) is 5.92 Å². The molecule has 1 N–H and O–H groups in total. The highest BCUT2D eigenvalue weighted by molar-refractivity contribution is 5.69. The van der Waals surface area contributed by atoms with E-state index in [0.29, 0.717) is 6.42 Å². The van der Waals surface area contributed by atoms with E-state index in [1.807, 2.05) is 19.9 Å². The standard InChI is InChI=1S/C14H20O3/c1-9-7-11(3)12(13(8-9)17-4)6-5-10(2)14(15)16/h7-8,10H,5-6H2,1-4H3,(H,15,16). The van der Waals surface area contributed by atoms with E-state index in [4.69, 9.17) is 9.84 Å². The van der Waals surface area contributed by atoms with Gasteiger partial charge in [-0.15, -0.1) is 0 Å². The second-order valence-electron chi connectivity index (χ2n) is 4.54. The summed E-state index contributed by atoms with van der Waals surface area (Å²) in [6, 6.07) is 4.09. The van der Waals surface area contributed by atoms with Gasteiger partial charge in [0.05, 0.1) is 13.0 Å². The highest BCUT2D eigenvalue weighted by atomic mass is 16.5. The predicted octanol–water partition coefficient (Wildman–Crippen LogP) is 2.97. The van der Waals surface area contributed by atoms with Crippen molar-refractivity contribution < 1.29 is 14.6 Å². The van der Waals surface area contributed by atoms with Crippen molar-refractivity contribution in [2.45, 2.75) is 33.6 Å². The molecular weight excluding hydrogens is 216 g/mol. The monoisotopic (exact) mass is 236 g/mol. The van der Waals surface area contributed by atoms with Gasteiger partial charge in [-0.1, -0.05) is 13.0 Å². The number of carbonyl (C=O) groups is 1. The van der Waals surface area contributed by atoms with Crippen molar-refractivity contribution in [1.82, 2.24) is 0 Å². The molecule has 17 heavy (non-hydrogen) atoms. The first-order chi connectivity index (χ1) is 7.95. The first kappa shape index (κ1) is 13.6. The van der Waals surface area contributed by atoms with Gasteiger partial charge >= 0.3 is 5.97 Å². The molecule has 0 aliphatic carbocycles. The molecule has 0 spiro atoms. The van der Waals surface area contributed by atoms with Gasteiger partial charge in [-0.05, 0) is 49.4 Å². The minimum absolute atomic E-state index is 0.319. The topological polar surface area (TPSA) is 46.5 Å². The summed E-state index contributed by atoms with van der Waals surface area (Å²) < 4.78 is 5.35. The number of carboxylic acids is 1. The molecule has 0 fully saturated rings. The number of aryl methyl sites for hydroxylation is 2. The molecule has 3 nitrogen and oxygen atoms in total. The quantitative estimate of drug-likeness (QED) is 0.855. The fourth-order valence-electron chi connectivity index (χ4n) is 1.95. The summed E-state index contributed by atoms with van der Waals surface area (Å²) in [5, 5.41) is 8.87. The molecule has 0 aromatic heterocycles. The van der Waals surface area contributed by atoms with E-state index in [1.165, 1.54) is 5.56 Å². The Balaban J connectivity index is 2.86. The Hall–Kier alpha value is -1.51. The van der Waals surface area contributed by atoms with Crippen LogP contribution in [0.3, 0.4) is 0 Å². The van der Waals surface area contributed by atoms with Gasteiger partial charge in [0.15, 0.2) is 0 Å². The van der Waals surface area contributed by atoms with Crippen molar-refractivity contribution in [3.63, 3.8) is 0 Å². The van der Waals surface area contributed by atoms with Crippen LogP contribution in [0.5, 0.6) is 5.75 Å². The van der Waals surface area contributed by atoms with Gasteiger partial charge < -0.3 is 9.84 Å². The van der Waals surface area contributed by atoms with E-state index in [0.717, 1.165) is 23.3 Å². The zero-order valence-corrected chi connectivity index (χ0v) is 10.9. The van der Waals surface area contributed by atoms with E-state index in [-0.39, 0.29) is 5.92 Å². The number of hydrogen-bond acceptors (Lipinski definition) is 2. The summed E-state index contributed by atoms with van der Waals surface area (Å²) in [7, 11) is 1.65. The van der Waals surface area contributed by atoms with E-state index in [2.05, 4.69) is 6.07 Å². The molecular formula is C14H20O3. The maximum absolute atomic E-state index is 10.8. The third-order valence-electron chi connectivity index (χ3n) is 3.05. The third-order valence-corrected chi connectivity index (χ3v) is 3.05. The number of ether oxygens (including phenoxy) is 1. The van der Waals surface area contributed by atoms with Crippen LogP contribution >= 0.6 is 0 Å². The van der Waals surface area contributed by atoms with Crippen molar-refractivity contribution in [3.8, 4) is 5.75 Å². The SMILES string of the molecule is COc1cc(C)cc(C)c1CCC(C)C(=O)O. The average Bonchev–Trinajstić information content (AvgIpc) is 2.26. The van der Waals surface area contributed by atoms with E-state index in [9.17, 15) is 4.79 Å². The molecule has 0 radical (unpaired) electrons. The van der Waals surface area contributed by atoms with Crippen LogP contribution < -0.4 is 4.74 Å². The normalized spacial score (nSPS) is 12.2. The Labute approximate surface area is 102 Å². The lowest BCUT2D eigenvalue weighted by Crippen LogP contribution is -2.11. The lowest BCUT2D eigenvalue weighted by molar-refractivity contribution is -0.141. The summed E-state index contributed by atoms with van der Waals surface area (Å²) in [4.78, 5) is 10.8. The summed E-state index contributed by atoms with van der Waals surface area (Å²) in [6.45, 7) is 5.80. The second-order valence-corrected chi connectivity index (χ2v) is 4.54. The Morgan fingerprint density at radius 1 is 1.41 bits per heavy atom. The number of carboxylic acid groups (broad SMARTS) is 1. The summed E-state index contributed by atoms with van der Waals surface area (Å²) >= 11 is 0. The van der Waals surface area contributed by atoms with E-state index < -0.39 is 5.97 Å². The average molecular weight is 236 g/mol. The maximum atomic E-state index is 10.8. The van der Waals surface area contributed by atoms with Gasteiger partial charge in [0.1, 0.15) is 5.75 Å². The maximum Gasteiger partial charge on any atom is 0.306 e. The molecule has 0 amide bonds. The zero-order chi connectivity index (χ0) is 13.0. The van der Waals surface area contributed by atoms with E-state index >= 15 is 0 Å². The first-order valence-corrected chi connectivity index (χ1v) is 5.82. The lowest BCUT2D eigenvalue weighted by atomic mass is 9.96. The molecule has 0 heterocycles. The van der Waals surface area contributed by atoms with Crippen LogP contribution in [-0.4, -0.2) is 18.2 Å². The van der Waals surface area contributed by atoms with Crippen LogP contribution in [-0.2, 0) is 11.2 Å². The first-order valence-electron chi connectivity index (χ1n) is 5.82. The lowest BCUT2D eigenvalue weighted by Gasteiger charge is -2.14. The molecule has 3 heteroatoms. The van der Waals surface area contributed by atoms with Crippen LogP contribution in [0, 0.1) is 19.8 Å². The molecule has 1 unspecified atom stereocenters. The van der Waals surface area contributed by atoms with Gasteiger partial charge in [-0.3, -0.25) is 4.79 Å². The van der Waals surface area contributed by atoms with Crippen LogP contribution in [0.15, 0.2) is 12.1 Å². The van der Waals surface area contributed by atoms with Crippen molar-refractivity contribution in [2.75, 3.05) is 7.11 Å². The molecule has 0 aliphatic heterocycles. The number of rotatable bonds is 5. The highest BCUT2D eigenvalue weighted by Gasteiger charge is 2.14.